The summed E-state index contributed by atoms with van der Waals surface area (Å²) in [6.07, 6.45) is 6.37. The first-order chi connectivity index (χ1) is 15.7. The second-order valence-corrected chi connectivity index (χ2v) is 8.96. The Balaban J connectivity index is 1.52. The van der Waals surface area contributed by atoms with Crippen molar-refractivity contribution in [3.63, 3.8) is 0 Å². The van der Waals surface area contributed by atoms with Gasteiger partial charge in [-0.1, -0.05) is 18.2 Å². The molecular weight excluding hydrogens is 418 g/mol. The number of hydrogen-bond acceptors (Lipinski definition) is 5. The summed E-state index contributed by atoms with van der Waals surface area (Å²) in [5, 5.41) is 1.06. The largest absolute Gasteiger partial charge is 0.465 e. The van der Waals surface area contributed by atoms with Crippen LogP contribution in [0.3, 0.4) is 0 Å². The number of esters is 1. The van der Waals surface area contributed by atoms with Crippen LogP contribution < -0.4 is 0 Å². The molecule has 0 fully saturated rings. The number of methoxy groups -OCH3 is 1. The molecule has 0 N–H and O–H groups in total. The highest BCUT2D eigenvalue weighted by atomic mass is 16.6. The van der Waals surface area contributed by atoms with E-state index >= 15 is 0 Å². The Labute approximate surface area is 193 Å². The summed E-state index contributed by atoms with van der Waals surface area (Å²) < 4.78 is 12.2. The van der Waals surface area contributed by atoms with Gasteiger partial charge in [-0.05, 0) is 62.6 Å². The van der Waals surface area contributed by atoms with E-state index in [-0.39, 0.29) is 6.09 Å². The highest BCUT2D eigenvalue weighted by Gasteiger charge is 2.24. The zero-order valence-electron chi connectivity index (χ0n) is 19.3. The first-order valence-electron chi connectivity index (χ1n) is 10.9. The Morgan fingerprint density at radius 2 is 1.97 bits per heavy atom. The number of nitrogens with zero attached hydrogens (tertiary/aromatic N) is 3. The summed E-state index contributed by atoms with van der Waals surface area (Å²) >= 11 is 0. The van der Waals surface area contributed by atoms with Gasteiger partial charge >= 0.3 is 12.1 Å². The van der Waals surface area contributed by atoms with E-state index in [0.717, 1.165) is 28.6 Å². The van der Waals surface area contributed by atoms with Crippen LogP contribution in [0.1, 0.15) is 48.7 Å². The van der Waals surface area contributed by atoms with E-state index in [4.69, 9.17) is 9.47 Å². The molecule has 33 heavy (non-hydrogen) atoms. The van der Waals surface area contributed by atoms with Gasteiger partial charge in [-0.15, -0.1) is 0 Å². The van der Waals surface area contributed by atoms with Crippen molar-refractivity contribution in [3.05, 3.63) is 71.6 Å². The number of hydrogen-bond donors (Lipinski definition) is 0. The zero-order chi connectivity index (χ0) is 23.6. The predicted molar refractivity (Wildman–Crippen MR) is 125 cm³/mol. The van der Waals surface area contributed by atoms with Gasteiger partial charge in [0, 0.05) is 36.4 Å². The Morgan fingerprint density at radius 3 is 2.61 bits per heavy atom. The predicted octanol–water partition coefficient (Wildman–Crippen LogP) is 4.50. The lowest BCUT2D eigenvalue weighted by molar-refractivity contribution is 0.0270. The van der Waals surface area contributed by atoms with Gasteiger partial charge < -0.3 is 18.9 Å². The van der Waals surface area contributed by atoms with Crippen LogP contribution in [0, 0.1) is 12.1 Å². The molecule has 0 unspecified atom stereocenters. The van der Waals surface area contributed by atoms with Gasteiger partial charge in [0.2, 0.25) is 0 Å². The fourth-order valence-corrected chi connectivity index (χ4v) is 3.82. The Bertz CT molecular complexity index is 1200. The highest BCUT2D eigenvalue weighted by Crippen LogP contribution is 2.29. The Morgan fingerprint density at radius 1 is 1.15 bits per heavy atom. The molecule has 0 atom stereocenters. The standard InChI is InChI=1S/C26H27N3O4/c1-26(2,3)33-25(31)28-14-10-19(11-15-28)21-9-13-27-23-22(21)12-16-29(23)17-18-5-7-20(8-6-18)24(30)32-4/h5,7,9-10,12-13,16H,11,14-15,17H2,1-4H3. The number of amides is 1. The zero-order valence-corrected chi connectivity index (χ0v) is 19.3. The molecular formula is C26H27N3O4. The van der Waals surface area contributed by atoms with E-state index in [1.807, 2.05) is 49.9 Å². The first kappa shape index (κ1) is 22.4. The van der Waals surface area contributed by atoms with E-state index in [0.29, 0.717) is 25.2 Å². The van der Waals surface area contributed by atoms with Gasteiger partial charge in [-0.25, -0.2) is 14.6 Å². The van der Waals surface area contributed by atoms with E-state index < -0.39 is 11.6 Å². The number of fused-ring (bicyclic) bond motifs is 1. The Hall–Kier alpha value is -3.79. The van der Waals surface area contributed by atoms with E-state index in [1.54, 1.807) is 11.0 Å². The third kappa shape index (κ3) is 5.01. The maximum atomic E-state index is 12.4. The van der Waals surface area contributed by atoms with Gasteiger partial charge in [0.1, 0.15) is 16.8 Å². The lowest BCUT2D eigenvalue weighted by Crippen LogP contribution is -2.39. The summed E-state index contributed by atoms with van der Waals surface area (Å²) in [4.78, 5) is 30.3. The molecule has 0 aliphatic carbocycles. The molecule has 2 aromatic heterocycles. The van der Waals surface area contributed by atoms with Crippen LogP contribution in [0.25, 0.3) is 16.6 Å². The third-order valence-corrected chi connectivity index (χ3v) is 5.42. The normalized spacial score (nSPS) is 13.9. The number of pyridine rings is 1. The molecule has 3 heterocycles. The molecule has 1 aromatic carbocycles. The van der Waals surface area contributed by atoms with Crippen LogP contribution in [-0.4, -0.2) is 52.3 Å². The molecule has 0 bridgehead atoms. The number of carbonyl (C=O) groups excluding carboxylic acids is 2. The minimum absolute atomic E-state index is 0.282. The van der Waals surface area contributed by atoms with E-state index in [9.17, 15) is 9.59 Å². The summed E-state index contributed by atoms with van der Waals surface area (Å²) in [5.74, 6) is -0.429. The smallest absolute Gasteiger partial charge is 0.410 e. The maximum absolute atomic E-state index is 12.4. The minimum atomic E-state index is -0.504. The summed E-state index contributed by atoms with van der Waals surface area (Å²) in [5.41, 5.74) is 3.92. The molecule has 0 spiro atoms. The fourth-order valence-electron chi connectivity index (χ4n) is 3.82. The van der Waals surface area contributed by atoms with Crippen LogP contribution in [0.15, 0.2) is 42.7 Å². The lowest BCUT2D eigenvalue weighted by Gasteiger charge is -2.29. The molecule has 0 saturated carbocycles. The van der Waals surface area contributed by atoms with Crippen LogP contribution in [0.4, 0.5) is 4.79 Å². The van der Waals surface area contributed by atoms with Gasteiger partial charge in [-0.2, -0.15) is 0 Å². The highest BCUT2D eigenvalue weighted by molar-refractivity contribution is 5.91. The number of ether oxygens (including phenoxy) is 2. The third-order valence-electron chi connectivity index (χ3n) is 5.42. The molecule has 170 valence electrons. The van der Waals surface area contributed by atoms with E-state index in [1.165, 1.54) is 12.7 Å². The van der Waals surface area contributed by atoms with Crippen LogP contribution in [0.2, 0.25) is 0 Å². The summed E-state index contributed by atoms with van der Waals surface area (Å²) in [7, 11) is 1.34. The summed E-state index contributed by atoms with van der Waals surface area (Å²) in [6.45, 7) is 7.31. The Kier molecular flexibility index (Phi) is 6.10. The van der Waals surface area contributed by atoms with Crippen molar-refractivity contribution in [1.82, 2.24) is 14.5 Å². The van der Waals surface area contributed by atoms with Crippen LogP contribution in [0.5, 0.6) is 0 Å². The number of carbonyl (C=O) groups is 2. The first-order valence-corrected chi connectivity index (χ1v) is 10.9. The van der Waals surface area contributed by atoms with E-state index in [2.05, 4.69) is 29.3 Å². The van der Waals surface area contributed by atoms with Crippen molar-refractivity contribution in [1.29, 1.82) is 0 Å². The van der Waals surface area contributed by atoms with Crippen molar-refractivity contribution in [3.8, 4) is 0 Å². The van der Waals surface area contributed by atoms with Crippen molar-refractivity contribution < 1.29 is 19.1 Å². The monoisotopic (exact) mass is 445 g/mol. The van der Waals surface area contributed by atoms with Gasteiger partial charge in [0.05, 0.1) is 13.7 Å². The molecule has 4 rings (SSSR count). The van der Waals surface area contributed by atoms with Crippen molar-refractivity contribution in [2.24, 2.45) is 0 Å². The molecule has 1 aliphatic heterocycles. The summed E-state index contributed by atoms with van der Waals surface area (Å²) in [6, 6.07) is 13.5. The van der Waals surface area contributed by atoms with Crippen LogP contribution in [-0.2, 0) is 16.0 Å². The van der Waals surface area contributed by atoms with Crippen molar-refractivity contribution >= 4 is 28.7 Å². The van der Waals surface area contributed by atoms with Crippen molar-refractivity contribution in [2.45, 2.75) is 39.3 Å². The molecule has 7 nitrogen and oxygen atoms in total. The van der Waals surface area contributed by atoms with Gasteiger partial charge in [0.25, 0.3) is 0 Å². The minimum Gasteiger partial charge on any atom is -0.465 e. The molecule has 3 aromatic rings. The molecule has 0 radical (unpaired) electrons. The fraction of sp³-hybridized carbons (Fsp3) is 0.346. The molecule has 7 heteroatoms. The lowest BCUT2D eigenvalue weighted by atomic mass is 9.98. The second-order valence-electron chi connectivity index (χ2n) is 8.96. The van der Waals surface area contributed by atoms with Gasteiger partial charge in [-0.3, -0.25) is 0 Å². The number of aromatic nitrogens is 2. The molecule has 1 amide bonds. The average Bonchev–Trinajstić information content (AvgIpc) is 3.21. The second kappa shape index (κ2) is 8.99. The van der Waals surface area contributed by atoms with Gasteiger partial charge in [0.15, 0.2) is 0 Å². The number of rotatable bonds is 4. The maximum Gasteiger partial charge on any atom is 0.410 e. The quantitative estimate of drug-likeness (QED) is 0.553. The van der Waals surface area contributed by atoms with Crippen molar-refractivity contribution in [2.75, 3.05) is 20.2 Å². The molecule has 1 aliphatic rings. The average molecular weight is 446 g/mol. The van der Waals surface area contributed by atoms with Crippen LogP contribution >= 0.6 is 0 Å². The topological polar surface area (TPSA) is 73.7 Å². The SMILES string of the molecule is COC(=O)c1c#cc(Cn2ccc3c(C4=CCN(C(=O)OC(C)(C)C)CC4)ccnc32)cc1. The molecule has 0 saturated heterocycles.